The first-order valence-electron chi connectivity index (χ1n) is 8.13. The molecule has 0 aliphatic carbocycles. The predicted molar refractivity (Wildman–Crippen MR) is 95.8 cm³/mol. The Bertz CT molecular complexity index is 1010. The second-order valence-electron chi connectivity index (χ2n) is 5.61. The van der Waals surface area contributed by atoms with Crippen LogP contribution in [0.3, 0.4) is 0 Å². The van der Waals surface area contributed by atoms with E-state index < -0.39 is 23.4 Å². The number of carbonyl (C=O) groups excluding carboxylic acids is 1. The summed E-state index contributed by atoms with van der Waals surface area (Å²) in [5.74, 6) is -4.35. The minimum absolute atomic E-state index is 0.00962. The van der Waals surface area contributed by atoms with Crippen molar-refractivity contribution < 1.29 is 22.7 Å². The van der Waals surface area contributed by atoms with E-state index in [4.69, 9.17) is 4.74 Å². The van der Waals surface area contributed by atoms with Gasteiger partial charge >= 0.3 is 0 Å². The molecule has 0 spiro atoms. The topological polar surface area (TPSA) is 76.1 Å². The standard InChI is InChI=1S/C19H15F3N4O2/c1-28-15-5-3-2-4-11(15)10-24-18(27)14-8-9-23-19(26-14)25-13-7-6-12(20)16(21)17(13)22/h2-9H,10H2,1H3,(H,24,27)(H,23,25,26). The molecule has 144 valence electrons. The molecule has 2 aromatic carbocycles. The zero-order valence-corrected chi connectivity index (χ0v) is 14.7. The lowest BCUT2D eigenvalue weighted by Gasteiger charge is -2.10. The molecule has 0 atom stereocenters. The summed E-state index contributed by atoms with van der Waals surface area (Å²) in [5, 5.41) is 5.11. The molecule has 2 N–H and O–H groups in total. The van der Waals surface area contributed by atoms with Crippen molar-refractivity contribution in [1.29, 1.82) is 0 Å². The first kappa shape index (κ1) is 19.2. The molecule has 0 bridgehead atoms. The summed E-state index contributed by atoms with van der Waals surface area (Å²) in [6, 6.07) is 10.3. The molecule has 3 aromatic rings. The number of amides is 1. The lowest BCUT2D eigenvalue weighted by molar-refractivity contribution is 0.0945. The molecule has 0 saturated heterocycles. The molecular formula is C19H15F3N4O2. The number of benzene rings is 2. The van der Waals surface area contributed by atoms with Gasteiger partial charge in [-0.15, -0.1) is 0 Å². The minimum atomic E-state index is -1.62. The second kappa shape index (κ2) is 8.38. The van der Waals surface area contributed by atoms with Gasteiger partial charge in [-0.25, -0.2) is 23.1 Å². The van der Waals surface area contributed by atoms with E-state index in [2.05, 4.69) is 20.6 Å². The van der Waals surface area contributed by atoms with Gasteiger partial charge in [0, 0.05) is 18.3 Å². The normalized spacial score (nSPS) is 10.4. The molecule has 0 aliphatic heterocycles. The van der Waals surface area contributed by atoms with E-state index in [1.165, 1.54) is 19.4 Å². The van der Waals surface area contributed by atoms with Gasteiger partial charge in [-0.05, 0) is 24.3 Å². The smallest absolute Gasteiger partial charge is 0.270 e. The highest BCUT2D eigenvalue weighted by atomic mass is 19.2. The summed E-state index contributed by atoms with van der Waals surface area (Å²) in [5.41, 5.74) is 0.426. The Morgan fingerprint density at radius 1 is 1.07 bits per heavy atom. The molecule has 0 unspecified atom stereocenters. The molecule has 0 fully saturated rings. The molecule has 3 rings (SSSR count). The van der Waals surface area contributed by atoms with Gasteiger partial charge in [-0.3, -0.25) is 4.79 Å². The Labute approximate surface area is 158 Å². The molecule has 1 amide bonds. The molecule has 1 heterocycles. The number of nitrogens with one attached hydrogen (secondary N) is 2. The quantitative estimate of drug-likeness (QED) is 0.632. The average Bonchev–Trinajstić information content (AvgIpc) is 2.73. The molecule has 0 aliphatic rings. The number of nitrogens with zero attached hydrogens (tertiary/aromatic N) is 2. The zero-order chi connectivity index (χ0) is 20.1. The highest BCUT2D eigenvalue weighted by Gasteiger charge is 2.15. The van der Waals surface area contributed by atoms with Gasteiger partial charge in [0.2, 0.25) is 5.95 Å². The number of carbonyl (C=O) groups is 1. The Morgan fingerprint density at radius 2 is 1.86 bits per heavy atom. The van der Waals surface area contributed by atoms with E-state index in [0.29, 0.717) is 5.75 Å². The van der Waals surface area contributed by atoms with E-state index >= 15 is 0 Å². The van der Waals surface area contributed by atoms with Crippen LogP contribution in [0, 0.1) is 17.5 Å². The van der Waals surface area contributed by atoms with Gasteiger partial charge in [-0.1, -0.05) is 18.2 Å². The monoisotopic (exact) mass is 388 g/mol. The number of aromatic nitrogens is 2. The van der Waals surface area contributed by atoms with Crippen molar-refractivity contribution in [2.24, 2.45) is 0 Å². The maximum absolute atomic E-state index is 13.8. The Morgan fingerprint density at radius 3 is 2.64 bits per heavy atom. The Balaban J connectivity index is 1.72. The van der Waals surface area contributed by atoms with Crippen molar-refractivity contribution in [1.82, 2.24) is 15.3 Å². The van der Waals surface area contributed by atoms with E-state index in [1.807, 2.05) is 12.1 Å². The van der Waals surface area contributed by atoms with Crippen molar-refractivity contribution >= 4 is 17.5 Å². The number of hydrogen-bond donors (Lipinski definition) is 2. The molecular weight excluding hydrogens is 373 g/mol. The van der Waals surface area contributed by atoms with Crippen LogP contribution in [0.1, 0.15) is 16.1 Å². The van der Waals surface area contributed by atoms with Crippen LogP contribution in [0.4, 0.5) is 24.8 Å². The summed E-state index contributed by atoms with van der Waals surface area (Å²) in [4.78, 5) is 20.2. The summed E-state index contributed by atoms with van der Waals surface area (Å²) >= 11 is 0. The molecule has 1 aromatic heterocycles. The first-order valence-corrected chi connectivity index (χ1v) is 8.13. The van der Waals surface area contributed by atoms with Crippen LogP contribution in [0.5, 0.6) is 5.75 Å². The van der Waals surface area contributed by atoms with Crippen LogP contribution in [0.2, 0.25) is 0 Å². The van der Waals surface area contributed by atoms with Gasteiger partial charge in [-0.2, -0.15) is 0 Å². The van der Waals surface area contributed by atoms with Crippen LogP contribution < -0.4 is 15.4 Å². The van der Waals surface area contributed by atoms with Crippen LogP contribution in [0.25, 0.3) is 0 Å². The summed E-state index contributed by atoms with van der Waals surface area (Å²) in [6.45, 7) is 0.202. The lowest BCUT2D eigenvalue weighted by atomic mass is 10.2. The average molecular weight is 388 g/mol. The van der Waals surface area contributed by atoms with Crippen molar-refractivity contribution in [3.8, 4) is 5.75 Å². The Hall–Kier alpha value is -3.62. The number of methoxy groups -OCH3 is 1. The molecule has 6 nitrogen and oxygen atoms in total. The highest BCUT2D eigenvalue weighted by Crippen LogP contribution is 2.22. The largest absolute Gasteiger partial charge is 0.496 e. The molecule has 0 saturated carbocycles. The minimum Gasteiger partial charge on any atom is -0.496 e. The number of ether oxygens (including phenoxy) is 1. The fourth-order valence-electron chi connectivity index (χ4n) is 2.40. The highest BCUT2D eigenvalue weighted by molar-refractivity contribution is 5.92. The third-order valence-electron chi connectivity index (χ3n) is 3.80. The second-order valence-corrected chi connectivity index (χ2v) is 5.61. The van der Waals surface area contributed by atoms with Gasteiger partial charge in [0.25, 0.3) is 5.91 Å². The van der Waals surface area contributed by atoms with Crippen LogP contribution in [-0.2, 0) is 6.54 Å². The Kier molecular flexibility index (Phi) is 5.73. The fourth-order valence-corrected chi connectivity index (χ4v) is 2.40. The van der Waals surface area contributed by atoms with Gasteiger partial charge < -0.3 is 15.4 Å². The summed E-state index contributed by atoms with van der Waals surface area (Å²) in [7, 11) is 1.53. The van der Waals surface area contributed by atoms with Crippen molar-refractivity contribution in [2.45, 2.75) is 6.54 Å². The molecule has 28 heavy (non-hydrogen) atoms. The SMILES string of the molecule is COc1ccccc1CNC(=O)c1ccnc(Nc2ccc(F)c(F)c2F)n1. The van der Waals surface area contributed by atoms with Crippen LogP contribution in [-0.4, -0.2) is 23.0 Å². The zero-order valence-electron chi connectivity index (χ0n) is 14.7. The summed E-state index contributed by atoms with van der Waals surface area (Å²) in [6.07, 6.45) is 1.28. The molecule has 9 heteroatoms. The van der Waals surface area contributed by atoms with Crippen LogP contribution >= 0.6 is 0 Å². The third kappa shape index (κ3) is 4.20. The number of para-hydroxylation sites is 1. The number of rotatable bonds is 6. The van der Waals surface area contributed by atoms with Crippen molar-refractivity contribution in [3.05, 3.63) is 77.4 Å². The van der Waals surface area contributed by atoms with Gasteiger partial charge in [0.15, 0.2) is 17.5 Å². The third-order valence-corrected chi connectivity index (χ3v) is 3.80. The van der Waals surface area contributed by atoms with E-state index in [0.717, 1.165) is 17.7 Å². The van der Waals surface area contributed by atoms with E-state index in [1.54, 1.807) is 12.1 Å². The number of halogens is 3. The first-order chi connectivity index (χ1) is 13.5. The predicted octanol–water partition coefficient (Wildman–Crippen LogP) is 3.58. The maximum atomic E-state index is 13.8. The van der Waals surface area contributed by atoms with E-state index in [-0.39, 0.29) is 23.9 Å². The fraction of sp³-hybridized carbons (Fsp3) is 0.105. The van der Waals surface area contributed by atoms with Crippen LogP contribution in [0.15, 0.2) is 48.7 Å². The lowest BCUT2D eigenvalue weighted by Crippen LogP contribution is -2.24. The summed E-state index contributed by atoms with van der Waals surface area (Å²) < 4.78 is 45.3. The van der Waals surface area contributed by atoms with Gasteiger partial charge in [0.1, 0.15) is 11.4 Å². The van der Waals surface area contributed by atoms with Crippen molar-refractivity contribution in [2.75, 3.05) is 12.4 Å². The van der Waals surface area contributed by atoms with E-state index in [9.17, 15) is 18.0 Å². The number of anilines is 2. The van der Waals surface area contributed by atoms with Crippen molar-refractivity contribution in [3.63, 3.8) is 0 Å². The molecule has 0 radical (unpaired) electrons. The number of hydrogen-bond acceptors (Lipinski definition) is 5. The maximum Gasteiger partial charge on any atom is 0.270 e. The van der Waals surface area contributed by atoms with Gasteiger partial charge in [0.05, 0.1) is 12.8 Å².